The average Bonchev–Trinajstić information content (AvgIpc) is 2.52. The molecule has 1 aliphatic rings. The number of ketones is 1. The molecule has 94 valence electrons. The molecule has 1 heterocycles. The molecule has 1 fully saturated rings. The van der Waals surface area contributed by atoms with Gasteiger partial charge in [0, 0.05) is 12.5 Å². The highest BCUT2D eigenvalue weighted by Crippen LogP contribution is 2.23. The predicted octanol–water partition coefficient (Wildman–Crippen LogP) is -0.690. The van der Waals surface area contributed by atoms with E-state index in [4.69, 9.17) is 4.74 Å². The lowest BCUT2D eigenvalue weighted by atomic mass is 9.98. The predicted molar refractivity (Wildman–Crippen MR) is 59.1 cm³/mol. The Balaban J connectivity index is 2.60. The number of hydrogen-bond donors (Lipinski definition) is 3. The molecule has 0 aromatic rings. The van der Waals surface area contributed by atoms with Gasteiger partial charge in [0.05, 0.1) is 6.10 Å². The third kappa shape index (κ3) is 2.79. The van der Waals surface area contributed by atoms with Crippen molar-refractivity contribution < 1.29 is 19.7 Å². The smallest absolute Gasteiger partial charge is 0.166 e. The molecule has 5 nitrogen and oxygen atoms in total. The van der Waals surface area contributed by atoms with Gasteiger partial charge in [0.1, 0.15) is 18.3 Å². The number of carbonyl (C=O) groups is 1. The van der Waals surface area contributed by atoms with Gasteiger partial charge in [-0.2, -0.15) is 0 Å². The van der Waals surface area contributed by atoms with E-state index >= 15 is 0 Å². The Bertz CT molecular complexity index is 244. The maximum absolute atomic E-state index is 11.7. The zero-order valence-corrected chi connectivity index (χ0v) is 10.0. The third-order valence-electron chi connectivity index (χ3n) is 2.81. The Morgan fingerprint density at radius 3 is 2.50 bits per heavy atom. The fourth-order valence-corrected chi connectivity index (χ4v) is 1.77. The monoisotopic (exact) mass is 231 g/mol. The van der Waals surface area contributed by atoms with E-state index in [1.54, 1.807) is 13.8 Å². The molecule has 0 saturated carbocycles. The van der Waals surface area contributed by atoms with Crippen molar-refractivity contribution in [1.82, 2.24) is 5.32 Å². The van der Waals surface area contributed by atoms with Crippen LogP contribution in [0.15, 0.2) is 0 Å². The maximum Gasteiger partial charge on any atom is 0.166 e. The number of rotatable bonds is 5. The molecule has 1 rings (SSSR count). The summed E-state index contributed by atoms with van der Waals surface area (Å²) in [6.07, 6.45) is -3.51. The minimum atomic E-state index is -1.11. The molecule has 4 atom stereocenters. The molecule has 16 heavy (non-hydrogen) atoms. The molecule has 0 aromatic carbocycles. The first-order valence-electron chi connectivity index (χ1n) is 5.75. The largest absolute Gasteiger partial charge is 0.388 e. The van der Waals surface area contributed by atoms with Crippen LogP contribution in [-0.4, -0.2) is 53.5 Å². The molecule has 3 unspecified atom stereocenters. The van der Waals surface area contributed by atoms with Crippen LogP contribution in [0.1, 0.15) is 20.8 Å². The van der Waals surface area contributed by atoms with E-state index in [2.05, 4.69) is 5.32 Å². The fourth-order valence-electron chi connectivity index (χ4n) is 1.77. The molecular formula is C11H21NO4. The highest BCUT2D eigenvalue weighted by Gasteiger charge is 2.46. The lowest BCUT2D eigenvalue weighted by Crippen LogP contribution is -2.39. The highest BCUT2D eigenvalue weighted by molar-refractivity contribution is 5.85. The summed E-state index contributed by atoms with van der Waals surface area (Å²) >= 11 is 0. The number of carbonyl (C=O) groups excluding carboxylic acids is 1. The Kier molecular flexibility index (Phi) is 4.86. The molecule has 3 N–H and O–H groups in total. The average molecular weight is 231 g/mol. The van der Waals surface area contributed by atoms with Gasteiger partial charge in [-0.05, 0) is 6.54 Å². The second-order valence-electron chi connectivity index (χ2n) is 4.44. The minimum Gasteiger partial charge on any atom is -0.388 e. The van der Waals surface area contributed by atoms with E-state index in [1.165, 1.54) is 0 Å². The van der Waals surface area contributed by atoms with Gasteiger partial charge >= 0.3 is 0 Å². The van der Waals surface area contributed by atoms with Gasteiger partial charge in [0.25, 0.3) is 0 Å². The first kappa shape index (κ1) is 13.6. The molecule has 0 aromatic heterocycles. The number of Topliss-reactive ketones (excluding diaryl/α,β-unsaturated/α-hetero) is 1. The van der Waals surface area contributed by atoms with Crippen molar-refractivity contribution in [3.05, 3.63) is 0 Å². The summed E-state index contributed by atoms with van der Waals surface area (Å²) in [6, 6.07) is 0. The molecule has 0 aliphatic carbocycles. The maximum atomic E-state index is 11.7. The van der Waals surface area contributed by atoms with Crippen molar-refractivity contribution >= 4 is 5.78 Å². The zero-order chi connectivity index (χ0) is 12.3. The van der Waals surface area contributed by atoms with Crippen LogP contribution in [0, 0.1) is 5.92 Å². The Morgan fingerprint density at radius 2 is 2.00 bits per heavy atom. The molecule has 0 radical (unpaired) electrons. The van der Waals surface area contributed by atoms with Gasteiger partial charge < -0.3 is 20.3 Å². The summed E-state index contributed by atoms with van der Waals surface area (Å²) in [7, 11) is 0. The van der Waals surface area contributed by atoms with Crippen molar-refractivity contribution in [1.29, 1.82) is 0 Å². The number of ether oxygens (including phenoxy) is 1. The van der Waals surface area contributed by atoms with Crippen LogP contribution in [0.25, 0.3) is 0 Å². The Labute approximate surface area is 95.8 Å². The van der Waals surface area contributed by atoms with Crippen molar-refractivity contribution in [3.63, 3.8) is 0 Å². The minimum absolute atomic E-state index is 0.162. The second-order valence-corrected chi connectivity index (χ2v) is 4.44. The fraction of sp³-hybridized carbons (Fsp3) is 0.909. The number of aliphatic hydroxyl groups is 2. The molecule has 5 heteroatoms. The third-order valence-corrected chi connectivity index (χ3v) is 2.81. The number of hydrogen-bond acceptors (Lipinski definition) is 5. The van der Waals surface area contributed by atoms with E-state index in [1.807, 2.05) is 6.92 Å². The normalized spacial score (nSPS) is 34.6. The Morgan fingerprint density at radius 1 is 1.38 bits per heavy atom. The van der Waals surface area contributed by atoms with Crippen LogP contribution in [0.5, 0.6) is 0 Å². The molecule has 0 bridgehead atoms. The zero-order valence-electron chi connectivity index (χ0n) is 10.0. The van der Waals surface area contributed by atoms with Gasteiger partial charge in [-0.1, -0.05) is 20.8 Å². The van der Waals surface area contributed by atoms with Crippen LogP contribution >= 0.6 is 0 Å². The van der Waals surface area contributed by atoms with Gasteiger partial charge in [-0.25, -0.2) is 0 Å². The molecule has 0 amide bonds. The van der Waals surface area contributed by atoms with Crippen molar-refractivity contribution in [3.8, 4) is 0 Å². The number of nitrogens with one attached hydrogen (secondary N) is 1. The summed E-state index contributed by atoms with van der Waals surface area (Å²) in [6.45, 7) is 6.64. The van der Waals surface area contributed by atoms with Crippen LogP contribution in [-0.2, 0) is 9.53 Å². The lowest BCUT2D eigenvalue weighted by molar-refractivity contribution is -0.136. The van der Waals surface area contributed by atoms with Crippen molar-refractivity contribution in [2.45, 2.75) is 45.2 Å². The topological polar surface area (TPSA) is 78.8 Å². The standard InChI is InChI=1S/C11H21NO4/c1-4-12-5-7-9(14)10(15)11(16-7)8(13)6(2)3/h6-7,9-12,14-15H,4-5H2,1-3H3/t7-,9?,10?,11?/m1/s1. The highest BCUT2D eigenvalue weighted by atomic mass is 16.5. The second kappa shape index (κ2) is 5.72. The first-order valence-corrected chi connectivity index (χ1v) is 5.75. The van der Waals surface area contributed by atoms with Crippen molar-refractivity contribution in [2.24, 2.45) is 5.92 Å². The van der Waals surface area contributed by atoms with E-state index < -0.39 is 24.4 Å². The van der Waals surface area contributed by atoms with Gasteiger partial charge in [-0.15, -0.1) is 0 Å². The molecule has 1 saturated heterocycles. The van der Waals surface area contributed by atoms with Gasteiger partial charge in [-0.3, -0.25) is 4.79 Å². The van der Waals surface area contributed by atoms with Crippen LogP contribution in [0.3, 0.4) is 0 Å². The first-order chi connectivity index (χ1) is 7.49. The summed E-state index contributed by atoms with van der Waals surface area (Å²) in [5, 5.41) is 22.5. The molecule has 1 aliphatic heterocycles. The van der Waals surface area contributed by atoms with Gasteiger partial charge in [0.2, 0.25) is 0 Å². The quantitative estimate of drug-likeness (QED) is 0.584. The summed E-state index contributed by atoms with van der Waals surface area (Å²) in [5.74, 6) is -0.365. The van der Waals surface area contributed by atoms with Crippen LogP contribution < -0.4 is 5.32 Å². The SMILES string of the molecule is CCNC[C@H]1OC(C(=O)C(C)C)C(O)C1O. The van der Waals surface area contributed by atoms with E-state index in [-0.39, 0.29) is 11.7 Å². The Hall–Kier alpha value is -0.490. The van der Waals surface area contributed by atoms with E-state index in [0.29, 0.717) is 6.54 Å². The van der Waals surface area contributed by atoms with Gasteiger partial charge in [0.15, 0.2) is 5.78 Å². The van der Waals surface area contributed by atoms with Crippen LogP contribution in [0.2, 0.25) is 0 Å². The van der Waals surface area contributed by atoms with E-state index in [9.17, 15) is 15.0 Å². The summed E-state index contributed by atoms with van der Waals surface area (Å²) < 4.78 is 5.40. The summed E-state index contributed by atoms with van der Waals surface area (Å²) in [4.78, 5) is 11.7. The van der Waals surface area contributed by atoms with E-state index in [0.717, 1.165) is 6.54 Å². The summed E-state index contributed by atoms with van der Waals surface area (Å²) in [5.41, 5.74) is 0. The van der Waals surface area contributed by atoms with Crippen molar-refractivity contribution in [2.75, 3.05) is 13.1 Å². The lowest BCUT2D eigenvalue weighted by Gasteiger charge is -2.15. The number of likely N-dealkylation sites (N-methyl/N-ethyl adjacent to an activating group) is 1. The number of aliphatic hydroxyl groups excluding tert-OH is 2. The van der Waals surface area contributed by atoms with Crippen LogP contribution in [0.4, 0.5) is 0 Å². The molecule has 0 spiro atoms. The molecular weight excluding hydrogens is 210 g/mol.